The Labute approximate surface area is 137 Å². The van der Waals surface area contributed by atoms with Crippen LogP contribution in [0.25, 0.3) is 6.08 Å². The molecule has 0 aliphatic heterocycles. The van der Waals surface area contributed by atoms with E-state index in [1.807, 2.05) is 0 Å². The number of aliphatic hydroxyl groups is 1. The molecule has 0 aromatic heterocycles. The van der Waals surface area contributed by atoms with Crippen molar-refractivity contribution in [2.45, 2.75) is 38.7 Å². The molecule has 1 aliphatic rings. The molecule has 0 saturated carbocycles. The van der Waals surface area contributed by atoms with Gasteiger partial charge in [0.05, 0.1) is 5.60 Å². The summed E-state index contributed by atoms with van der Waals surface area (Å²) in [5.41, 5.74) is 1.13. The number of hydrogen-bond donors (Lipinski definition) is 2. The van der Waals surface area contributed by atoms with E-state index in [0.29, 0.717) is 0 Å². The second kappa shape index (κ2) is 7.47. The molecule has 2 unspecified atom stereocenters. The first-order valence-electron chi connectivity index (χ1n) is 7.89. The highest BCUT2D eigenvalue weighted by molar-refractivity contribution is 5.87. The lowest BCUT2D eigenvalue weighted by atomic mass is 9.79. The SMILES string of the molecule is CC1=CCC(C(C)(O)COC(=O)C=Cc2ccc(O)cc2)CC1. The zero-order valence-corrected chi connectivity index (χ0v) is 13.7. The van der Waals surface area contributed by atoms with Crippen LogP contribution >= 0.6 is 0 Å². The molecule has 2 atom stereocenters. The molecule has 0 heterocycles. The second-order valence-corrected chi connectivity index (χ2v) is 6.41. The van der Waals surface area contributed by atoms with Gasteiger partial charge in [0, 0.05) is 6.08 Å². The van der Waals surface area contributed by atoms with Crippen molar-refractivity contribution in [1.29, 1.82) is 0 Å². The molecule has 0 fully saturated rings. The molecular weight excluding hydrogens is 292 g/mol. The summed E-state index contributed by atoms with van der Waals surface area (Å²) in [6.07, 6.45) is 7.80. The number of carbonyl (C=O) groups is 1. The van der Waals surface area contributed by atoms with Crippen LogP contribution < -0.4 is 0 Å². The summed E-state index contributed by atoms with van der Waals surface area (Å²) >= 11 is 0. The van der Waals surface area contributed by atoms with E-state index in [0.717, 1.165) is 24.8 Å². The van der Waals surface area contributed by atoms with Crippen molar-refractivity contribution >= 4 is 12.0 Å². The Morgan fingerprint density at radius 1 is 1.39 bits per heavy atom. The van der Waals surface area contributed by atoms with E-state index in [4.69, 9.17) is 4.74 Å². The molecule has 2 rings (SSSR count). The summed E-state index contributed by atoms with van der Waals surface area (Å²) in [6.45, 7) is 3.81. The van der Waals surface area contributed by atoms with Crippen molar-refractivity contribution in [2.75, 3.05) is 6.61 Å². The zero-order valence-electron chi connectivity index (χ0n) is 13.7. The highest BCUT2D eigenvalue weighted by atomic mass is 16.5. The summed E-state index contributed by atoms with van der Waals surface area (Å²) in [6, 6.07) is 6.50. The molecule has 1 aromatic rings. The van der Waals surface area contributed by atoms with Gasteiger partial charge in [0.25, 0.3) is 0 Å². The number of benzene rings is 1. The van der Waals surface area contributed by atoms with Crippen LogP contribution in [0.5, 0.6) is 5.75 Å². The van der Waals surface area contributed by atoms with E-state index in [9.17, 15) is 15.0 Å². The Balaban J connectivity index is 1.84. The van der Waals surface area contributed by atoms with Gasteiger partial charge >= 0.3 is 5.97 Å². The fourth-order valence-electron chi connectivity index (χ4n) is 2.66. The number of allylic oxidation sites excluding steroid dienone is 2. The summed E-state index contributed by atoms with van der Waals surface area (Å²) in [5.74, 6) is -0.196. The average Bonchev–Trinajstić information content (AvgIpc) is 2.53. The van der Waals surface area contributed by atoms with Gasteiger partial charge < -0.3 is 14.9 Å². The first kappa shape index (κ1) is 17.3. The molecule has 4 heteroatoms. The van der Waals surface area contributed by atoms with Crippen molar-refractivity contribution < 1.29 is 19.7 Å². The first-order chi connectivity index (χ1) is 10.9. The third kappa shape index (κ3) is 5.25. The lowest BCUT2D eigenvalue weighted by Crippen LogP contribution is -2.40. The molecule has 4 nitrogen and oxygen atoms in total. The van der Waals surface area contributed by atoms with Crippen molar-refractivity contribution in [1.82, 2.24) is 0 Å². The van der Waals surface area contributed by atoms with Gasteiger partial charge in [0.15, 0.2) is 0 Å². The van der Waals surface area contributed by atoms with Gasteiger partial charge in [0.2, 0.25) is 0 Å². The molecule has 0 radical (unpaired) electrons. The van der Waals surface area contributed by atoms with Crippen LogP contribution in [-0.2, 0) is 9.53 Å². The lowest BCUT2D eigenvalue weighted by molar-refractivity contribution is -0.148. The third-order valence-corrected chi connectivity index (χ3v) is 4.33. The predicted octanol–water partition coefficient (Wildman–Crippen LogP) is 3.45. The van der Waals surface area contributed by atoms with Crippen LogP contribution in [0.15, 0.2) is 42.0 Å². The average molecular weight is 316 g/mol. The number of phenolic OH excluding ortho intramolecular Hbond substituents is 1. The standard InChI is InChI=1S/C19H24O4/c1-14-3-8-16(9-4-14)19(2,22)13-23-18(21)12-7-15-5-10-17(20)11-6-15/h3,5-7,10-12,16,20,22H,4,8-9,13H2,1-2H3. The maximum Gasteiger partial charge on any atom is 0.330 e. The summed E-state index contributed by atoms with van der Waals surface area (Å²) < 4.78 is 5.19. The summed E-state index contributed by atoms with van der Waals surface area (Å²) in [4.78, 5) is 11.8. The highest BCUT2D eigenvalue weighted by Gasteiger charge is 2.33. The molecule has 0 amide bonds. The van der Waals surface area contributed by atoms with Crippen molar-refractivity contribution in [3.8, 4) is 5.75 Å². The van der Waals surface area contributed by atoms with Gasteiger partial charge in [-0.2, -0.15) is 0 Å². The molecule has 23 heavy (non-hydrogen) atoms. The van der Waals surface area contributed by atoms with Crippen molar-refractivity contribution in [3.05, 3.63) is 47.6 Å². The van der Waals surface area contributed by atoms with Gasteiger partial charge in [0.1, 0.15) is 12.4 Å². The van der Waals surface area contributed by atoms with E-state index in [1.54, 1.807) is 37.3 Å². The van der Waals surface area contributed by atoms with Gasteiger partial charge in [-0.25, -0.2) is 4.79 Å². The fraction of sp³-hybridized carbons (Fsp3) is 0.421. The van der Waals surface area contributed by atoms with Crippen LogP contribution in [0.3, 0.4) is 0 Å². The molecule has 1 aliphatic carbocycles. The molecule has 2 N–H and O–H groups in total. The minimum Gasteiger partial charge on any atom is -0.508 e. The number of esters is 1. The quantitative estimate of drug-likeness (QED) is 0.496. The number of ether oxygens (including phenoxy) is 1. The molecule has 1 aromatic carbocycles. The Hall–Kier alpha value is -2.07. The number of carbonyl (C=O) groups excluding carboxylic acids is 1. The maximum atomic E-state index is 11.8. The summed E-state index contributed by atoms with van der Waals surface area (Å²) in [7, 11) is 0. The zero-order chi connectivity index (χ0) is 16.9. The Kier molecular flexibility index (Phi) is 5.61. The van der Waals surface area contributed by atoms with E-state index in [-0.39, 0.29) is 18.3 Å². The number of aromatic hydroxyl groups is 1. The van der Waals surface area contributed by atoms with Gasteiger partial charge in [-0.15, -0.1) is 0 Å². The molecule has 124 valence electrons. The smallest absolute Gasteiger partial charge is 0.330 e. The first-order valence-corrected chi connectivity index (χ1v) is 7.89. The lowest BCUT2D eigenvalue weighted by Gasteiger charge is -2.34. The van der Waals surface area contributed by atoms with Crippen LogP contribution in [0, 0.1) is 5.92 Å². The molecule has 0 spiro atoms. The van der Waals surface area contributed by atoms with Crippen LogP contribution in [0.4, 0.5) is 0 Å². The largest absolute Gasteiger partial charge is 0.508 e. The highest BCUT2D eigenvalue weighted by Crippen LogP contribution is 2.32. The van der Waals surface area contributed by atoms with E-state index < -0.39 is 11.6 Å². The van der Waals surface area contributed by atoms with E-state index in [2.05, 4.69) is 13.0 Å². The molecular formula is C19H24O4. The second-order valence-electron chi connectivity index (χ2n) is 6.41. The van der Waals surface area contributed by atoms with Crippen LogP contribution in [0.1, 0.15) is 38.7 Å². The Morgan fingerprint density at radius 3 is 2.70 bits per heavy atom. The van der Waals surface area contributed by atoms with Crippen molar-refractivity contribution in [3.63, 3.8) is 0 Å². The minimum absolute atomic E-state index is 0.0106. The fourth-order valence-corrected chi connectivity index (χ4v) is 2.66. The number of hydrogen-bond acceptors (Lipinski definition) is 4. The van der Waals surface area contributed by atoms with Gasteiger partial charge in [-0.3, -0.25) is 0 Å². The number of rotatable bonds is 5. The Bertz CT molecular complexity index is 596. The third-order valence-electron chi connectivity index (χ3n) is 4.33. The molecule has 0 saturated heterocycles. The van der Waals surface area contributed by atoms with Crippen LogP contribution in [-0.4, -0.2) is 28.4 Å². The predicted molar refractivity (Wildman–Crippen MR) is 89.8 cm³/mol. The maximum absolute atomic E-state index is 11.8. The topological polar surface area (TPSA) is 66.8 Å². The molecule has 0 bridgehead atoms. The van der Waals surface area contributed by atoms with Gasteiger partial charge in [-0.05, 0) is 62.8 Å². The monoisotopic (exact) mass is 316 g/mol. The van der Waals surface area contributed by atoms with E-state index in [1.165, 1.54) is 11.6 Å². The Morgan fingerprint density at radius 2 is 2.09 bits per heavy atom. The van der Waals surface area contributed by atoms with Crippen molar-refractivity contribution in [2.24, 2.45) is 5.92 Å². The summed E-state index contributed by atoms with van der Waals surface area (Å²) in [5, 5.41) is 19.7. The minimum atomic E-state index is -1.01. The number of phenols is 1. The van der Waals surface area contributed by atoms with Gasteiger partial charge in [-0.1, -0.05) is 23.8 Å². The normalized spacial score (nSPS) is 20.8. The van der Waals surface area contributed by atoms with E-state index >= 15 is 0 Å². The van der Waals surface area contributed by atoms with Crippen LogP contribution in [0.2, 0.25) is 0 Å².